The van der Waals surface area contributed by atoms with E-state index in [0.717, 1.165) is 6.34 Å². The molecule has 0 saturated heterocycles. The number of hydrogen-bond acceptors (Lipinski definition) is 6. The van der Waals surface area contributed by atoms with Crippen LogP contribution in [0.4, 0.5) is 0 Å². The van der Waals surface area contributed by atoms with E-state index in [0.29, 0.717) is 33.8 Å². The zero-order valence-electron chi connectivity index (χ0n) is 14.5. The lowest BCUT2D eigenvalue weighted by Gasteiger charge is -2.36. The number of benzene rings is 3. The smallest absolute Gasteiger partial charge is 0.340 e. The Kier molecular flexibility index (Phi) is 3.93. The standard InChI is InChI=1S/C20H12O5.CH4N2/c21-11-5-7-15-17(9-11)24-18-10-12(22)6-8-16(18)20(15)14-4-2-1-3-13(14)19(23)25-20;2-1-3/h1-10,21-22H;1H,(H3,2,3). The Morgan fingerprint density at radius 3 is 2.00 bits per heavy atom. The van der Waals surface area contributed by atoms with Crippen LogP contribution < -0.4 is 10.5 Å². The molecule has 0 fully saturated rings. The van der Waals surface area contributed by atoms with Gasteiger partial charge in [-0.15, -0.1) is 0 Å². The van der Waals surface area contributed by atoms with Crippen LogP contribution in [0.15, 0.2) is 60.7 Å². The highest BCUT2D eigenvalue weighted by atomic mass is 16.6. The molecule has 5 rings (SSSR count). The van der Waals surface area contributed by atoms with Gasteiger partial charge in [0.1, 0.15) is 23.0 Å². The van der Waals surface area contributed by atoms with Crippen molar-refractivity contribution in [1.82, 2.24) is 0 Å². The summed E-state index contributed by atoms with van der Waals surface area (Å²) in [5, 5.41) is 25.5. The quantitative estimate of drug-likeness (QED) is 0.271. The largest absolute Gasteiger partial charge is 0.508 e. The van der Waals surface area contributed by atoms with Gasteiger partial charge in [-0.1, -0.05) is 18.2 Å². The number of fused-ring (bicyclic) bond motifs is 6. The van der Waals surface area contributed by atoms with E-state index < -0.39 is 11.6 Å². The molecular formula is C21H16N2O5. The maximum absolute atomic E-state index is 12.5. The van der Waals surface area contributed by atoms with Gasteiger partial charge in [-0.25, -0.2) is 4.79 Å². The zero-order valence-corrected chi connectivity index (χ0v) is 14.5. The molecule has 0 unspecified atom stereocenters. The van der Waals surface area contributed by atoms with Crippen molar-refractivity contribution in [2.75, 3.05) is 0 Å². The molecule has 3 aromatic carbocycles. The van der Waals surface area contributed by atoms with Gasteiger partial charge < -0.3 is 25.4 Å². The Balaban J connectivity index is 0.000000604. The Labute approximate surface area is 160 Å². The first-order valence-electron chi connectivity index (χ1n) is 8.39. The fourth-order valence-electron chi connectivity index (χ4n) is 3.65. The monoisotopic (exact) mass is 376 g/mol. The van der Waals surface area contributed by atoms with E-state index in [1.807, 2.05) is 12.1 Å². The molecule has 2 heterocycles. The lowest BCUT2D eigenvalue weighted by Crippen LogP contribution is -2.32. The summed E-state index contributed by atoms with van der Waals surface area (Å²) in [7, 11) is 0. The lowest BCUT2D eigenvalue weighted by molar-refractivity contribution is 0.0224. The first kappa shape index (κ1) is 17.4. The van der Waals surface area contributed by atoms with Gasteiger partial charge in [-0.05, 0) is 30.3 Å². The van der Waals surface area contributed by atoms with Gasteiger partial charge in [-0.3, -0.25) is 5.41 Å². The summed E-state index contributed by atoms with van der Waals surface area (Å²) in [4.78, 5) is 12.5. The molecule has 140 valence electrons. The molecule has 0 aliphatic carbocycles. The van der Waals surface area contributed by atoms with Crippen molar-refractivity contribution in [2.45, 2.75) is 5.60 Å². The highest BCUT2D eigenvalue weighted by molar-refractivity contribution is 5.97. The summed E-state index contributed by atoms with van der Waals surface area (Å²) in [6.07, 6.45) is 0.750. The minimum atomic E-state index is -1.17. The molecule has 0 bridgehead atoms. The maximum Gasteiger partial charge on any atom is 0.340 e. The predicted octanol–water partition coefficient (Wildman–Crippen LogP) is 3.22. The van der Waals surface area contributed by atoms with Crippen LogP contribution in [0.25, 0.3) is 0 Å². The highest BCUT2D eigenvalue weighted by Crippen LogP contribution is 2.56. The second-order valence-electron chi connectivity index (χ2n) is 6.25. The van der Waals surface area contributed by atoms with E-state index in [9.17, 15) is 15.0 Å². The zero-order chi connectivity index (χ0) is 19.9. The van der Waals surface area contributed by atoms with Crippen molar-refractivity contribution < 1.29 is 24.5 Å². The molecule has 2 aliphatic heterocycles. The molecule has 2 aliphatic rings. The van der Waals surface area contributed by atoms with Crippen LogP contribution in [-0.2, 0) is 10.3 Å². The van der Waals surface area contributed by atoms with Gasteiger partial charge in [0, 0.05) is 28.8 Å². The van der Waals surface area contributed by atoms with Crippen molar-refractivity contribution >= 4 is 12.3 Å². The molecule has 28 heavy (non-hydrogen) atoms. The normalized spacial score (nSPS) is 14.5. The molecule has 0 saturated carbocycles. The van der Waals surface area contributed by atoms with E-state index in [4.69, 9.17) is 14.9 Å². The third-order valence-corrected chi connectivity index (χ3v) is 4.68. The SMILES string of the molecule is N=CN.O=C1OC2(c3ccc(O)cc3Oc3cc(O)ccc32)c2ccccc21. The summed E-state index contributed by atoms with van der Waals surface area (Å²) < 4.78 is 11.8. The predicted molar refractivity (Wildman–Crippen MR) is 101 cm³/mol. The van der Waals surface area contributed by atoms with Crippen molar-refractivity contribution in [3.63, 3.8) is 0 Å². The molecule has 0 atom stereocenters. The van der Waals surface area contributed by atoms with Crippen LogP contribution >= 0.6 is 0 Å². The highest BCUT2D eigenvalue weighted by Gasteiger charge is 2.53. The van der Waals surface area contributed by atoms with E-state index in [1.165, 1.54) is 24.3 Å². The van der Waals surface area contributed by atoms with Gasteiger partial charge in [0.05, 0.1) is 11.9 Å². The third-order valence-electron chi connectivity index (χ3n) is 4.68. The third kappa shape index (κ3) is 2.37. The number of esters is 1. The fraction of sp³-hybridized carbons (Fsp3) is 0.0476. The number of carbonyl (C=O) groups excluding carboxylic acids is 1. The Bertz CT molecular complexity index is 1060. The second-order valence-corrected chi connectivity index (χ2v) is 6.25. The van der Waals surface area contributed by atoms with Crippen molar-refractivity contribution in [2.24, 2.45) is 5.73 Å². The molecule has 1 spiro atoms. The maximum atomic E-state index is 12.5. The summed E-state index contributed by atoms with van der Waals surface area (Å²) >= 11 is 0. The minimum Gasteiger partial charge on any atom is -0.508 e. The number of phenolic OH excluding ortho intramolecular Hbond substituents is 2. The van der Waals surface area contributed by atoms with Crippen molar-refractivity contribution in [3.8, 4) is 23.0 Å². The molecule has 3 aromatic rings. The summed E-state index contributed by atoms with van der Waals surface area (Å²) in [6.45, 7) is 0. The van der Waals surface area contributed by atoms with E-state index in [2.05, 4.69) is 5.73 Å². The number of hydrogen-bond donors (Lipinski definition) is 4. The van der Waals surface area contributed by atoms with Crippen LogP contribution in [0.5, 0.6) is 23.0 Å². The van der Waals surface area contributed by atoms with Crippen molar-refractivity contribution in [1.29, 1.82) is 5.41 Å². The Morgan fingerprint density at radius 2 is 1.43 bits per heavy atom. The van der Waals surface area contributed by atoms with Gasteiger partial charge >= 0.3 is 5.97 Å². The number of carbonyl (C=O) groups is 1. The van der Waals surface area contributed by atoms with Gasteiger partial charge in [-0.2, -0.15) is 0 Å². The molecular weight excluding hydrogens is 360 g/mol. The molecule has 0 radical (unpaired) electrons. The fourth-order valence-corrected chi connectivity index (χ4v) is 3.65. The molecule has 0 aromatic heterocycles. The molecule has 7 nitrogen and oxygen atoms in total. The number of aromatic hydroxyl groups is 2. The molecule has 7 heteroatoms. The number of nitrogens with one attached hydrogen (secondary N) is 1. The van der Waals surface area contributed by atoms with Gasteiger partial charge in [0.2, 0.25) is 0 Å². The van der Waals surface area contributed by atoms with Crippen LogP contribution in [0, 0.1) is 5.41 Å². The number of nitrogens with two attached hydrogens (primary N) is 1. The van der Waals surface area contributed by atoms with Crippen LogP contribution in [-0.4, -0.2) is 22.5 Å². The van der Waals surface area contributed by atoms with E-state index in [1.54, 1.807) is 24.3 Å². The number of ether oxygens (including phenoxy) is 2. The second kappa shape index (κ2) is 6.31. The summed E-state index contributed by atoms with van der Waals surface area (Å²) in [5.74, 6) is 0.408. The number of phenols is 2. The molecule has 0 amide bonds. The molecule has 5 N–H and O–H groups in total. The minimum absolute atomic E-state index is 0.0371. The van der Waals surface area contributed by atoms with Crippen LogP contribution in [0.2, 0.25) is 0 Å². The average molecular weight is 376 g/mol. The van der Waals surface area contributed by atoms with Gasteiger partial charge in [0.15, 0.2) is 5.60 Å². The average Bonchev–Trinajstić information content (AvgIpc) is 2.96. The van der Waals surface area contributed by atoms with Crippen molar-refractivity contribution in [3.05, 3.63) is 82.9 Å². The summed E-state index contributed by atoms with van der Waals surface area (Å²) in [6, 6.07) is 16.6. The Morgan fingerprint density at radius 1 is 0.893 bits per heavy atom. The van der Waals surface area contributed by atoms with E-state index in [-0.39, 0.29) is 11.5 Å². The van der Waals surface area contributed by atoms with Crippen LogP contribution in [0.3, 0.4) is 0 Å². The Hall–Kier alpha value is -4.00. The topological polar surface area (TPSA) is 126 Å². The van der Waals surface area contributed by atoms with Crippen LogP contribution in [0.1, 0.15) is 27.0 Å². The van der Waals surface area contributed by atoms with E-state index >= 15 is 0 Å². The van der Waals surface area contributed by atoms with Gasteiger partial charge in [0.25, 0.3) is 0 Å². The summed E-state index contributed by atoms with van der Waals surface area (Å²) in [5.41, 5.74) is 5.67. The first-order chi connectivity index (χ1) is 13.5. The first-order valence-corrected chi connectivity index (χ1v) is 8.39. The number of rotatable bonds is 0. The lowest BCUT2D eigenvalue weighted by atomic mass is 9.77.